The molecule has 0 aliphatic rings. The number of hydrogen-bond acceptors (Lipinski definition) is 5. The van der Waals surface area contributed by atoms with Crippen molar-refractivity contribution in [3.8, 4) is 6.07 Å². The van der Waals surface area contributed by atoms with Gasteiger partial charge in [-0.1, -0.05) is 11.3 Å². The molecule has 0 spiro atoms. The lowest BCUT2D eigenvalue weighted by atomic mass is 10.1. The maximum absolute atomic E-state index is 12.3. The minimum absolute atomic E-state index is 0.389. The third kappa shape index (κ3) is 3.20. The molecule has 124 valence electrons. The van der Waals surface area contributed by atoms with E-state index in [1.165, 1.54) is 18.4 Å². The van der Waals surface area contributed by atoms with Gasteiger partial charge in [0.1, 0.15) is 0 Å². The van der Waals surface area contributed by atoms with Crippen LogP contribution < -0.4 is 4.80 Å². The number of ether oxygens (including phenoxy) is 1. The molecule has 0 aliphatic carbocycles. The van der Waals surface area contributed by atoms with Crippen molar-refractivity contribution in [2.75, 3.05) is 7.11 Å². The first-order valence-electron chi connectivity index (χ1n) is 7.30. The average molecular weight is 351 g/mol. The van der Waals surface area contributed by atoms with Crippen molar-refractivity contribution in [2.45, 2.75) is 0 Å². The number of carbonyl (C=O) groups excluding carboxylic acids is 2. The molecule has 1 aromatic heterocycles. The number of aromatic nitrogens is 1. The van der Waals surface area contributed by atoms with E-state index >= 15 is 0 Å². The first kappa shape index (κ1) is 16.6. The SMILES string of the molecule is COC(=O)c1ccc2c(c1)sc(=NC(=O)c1ccc(C#N)cc1)n2C. The second-order valence-electron chi connectivity index (χ2n) is 5.22. The van der Waals surface area contributed by atoms with Gasteiger partial charge in [-0.3, -0.25) is 4.79 Å². The van der Waals surface area contributed by atoms with Gasteiger partial charge >= 0.3 is 5.97 Å². The zero-order valence-corrected chi connectivity index (χ0v) is 14.3. The molecule has 6 nitrogen and oxygen atoms in total. The number of methoxy groups -OCH3 is 1. The lowest BCUT2D eigenvalue weighted by Crippen LogP contribution is -2.13. The maximum atomic E-state index is 12.3. The number of fused-ring (bicyclic) bond motifs is 1. The van der Waals surface area contributed by atoms with Gasteiger partial charge in [0, 0.05) is 12.6 Å². The summed E-state index contributed by atoms with van der Waals surface area (Å²) in [5, 5.41) is 8.81. The molecular formula is C18H13N3O3S. The second-order valence-corrected chi connectivity index (χ2v) is 6.23. The molecule has 0 saturated heterocycles. The third-order valence-electron chi connectivity index (χ3n) is 3.69. The van der Waals surface area contributed by atoms with Crippen molar-refractivity contribution in [1.29, 1.82) is 5.26 Å². The molecule has 0 saturated carbocycles. The maximum Gasteiger partial charge on any atom is 0.337 e. The summed E-state index contributed by atoms with van der Waals surface area (Å²) in [5.41, 5.74) is 2.21. The van der Waals surface area contributed by atoms with Gasteiger partial charge in [-0.2, -0.15) is 10.3 Å². The second kappa shape index (κ2) is 6.71. The van der Waals surface area contributed by atoms with Crippen molar-refractivity contribution in [3.05, 3.63) is 64.0 Å². The van der Waals surface area contributed by atoms with Crippen molar-refractivity contribution < 1.29 is 14.3 Å². The monoisotopic (exact) mass is 351 g/mol. The van der Waals surface area contributed by atoms with Crippen LogP contribution in [0.1, 0.15) is 26.3 Å². The molecule has 1 heterocycles. The highest BCUT2D eigenvalue weighted by atomic mass is 32.1. The molecule has 0 fully saturated rings. The molecule has 3 aromatic rings. The highest BCUT2D eigenvalue weighted by Gasteiger charge is 2.11. The van der Waals surface area contributed by atoms with Crippen LogP contribution in [0.3, 0.4) is 0 Å². The summed E-state index contributed by atoms with van der Waals surface area (Å²) < 4.78 is 7.35. The van der Waals surface area contributed by atoms with E-state index in [1.54, 1.807) is 47.0 Å². The Kier molecular flexibility index (Phi) is 4.46. The van der Waals surface area contributed by atoms with Gasteiger partial charge in [-0.25, -0.2) is 4.79 Å². The van der Waals surface area contributed by atoms with E-state index in [4.69, 9.17) is 10.00 Å². The van der Waals surface area contributed by atoms with E-state index in [0.29, 0.717) is 21.5 Å². The smallest absolute Gasteiger partial charge is 0.337 e. The summed E-state index contributed by atoms with van der Waals surface area (Å²) in [7, 11) is 3.14. The van der Waals surface area contributed by atoms with Crippen molar-refractivity contribution in [2.24, 2.45) is 12.0 Å². The molecule has 1 amide bonds. The number of nitriles is 1. The Morgan fingerprint density at radius 2 is 1.84 bits per heavy atom. The fraction of sp³-hybridized carbons (Fsp3) is 0.111. The van der Waals surface area contributed by atoms with Crippen LogP contribution in [0, 0.1) is 11.3 Å². The number of rotatable bonds is 2. The number of carbonyl (C=O) groups is 2. The minimum atomic E-state index is -0.412. The normalized spacial score (nSPS) is 11.3. The summed E-state index contributed by atoms with van der Waals surface area (Å²) in [5.74, 6) is -0.801. The molecule has 25 heavy (non-hydrogen) atoms. The number of esters is 1. The highest BCUT2D eigenvalue weighted by Crippen LogP contribution is 2.19. The van der Waals surface area contributed by atoms with Crippen LogP contribution in [0.4, 0.5) is 0 Å². The number of amides is 1. The molecule has 7 heteroatoms. The van der Waals surface area contributed by atoms with Gasteiger partial charge in [-0.15, -0.1) is 0 Å². The van der Waals surface area contributed by atoms with Crippen LogP contribution in [0.25, 0.3) is 10.2 Å². The number of benzene rings is 2. The molecule has 0 N–H and O–H groups in total. The van der Waals surface area contributed by atoms with E-state index in [1.807, 2.05) is 13.1 Å². The first-order chi connectivity index (χ1) is 12.0. The Balaban J connectivity index is 2.03. The Morgan fingerprint density at radius 1 is 1.16 bits per heavy atom. The number of thiazole rings is 1. The number of aryl methyl sites for hydroxylation is 1. The Hall–Kier alpha value is -3.24. The Bertz CT molecular complexity index is 1090. The molecular weight excluding hydrogens is 338 g/mol. The first-order valence-corrected chi connectivity index (χ1v) is 8.12. The summed E-state index contributed by atoms with van der Waals surface area (Å²) in [6.45, 7) is 0. The van der Waals surface area contributed by atoms with Gasteiger partial charge in [0.25, 0.3) is 5.91 Å². The average Bonchev–Trinajstić information content (AvgIpc) is 2.96. The summed E-state index contributed by atoms with van der Waals surface area (Å²) in [6, 6.07) is 13.5. The number of hydrogen-bond donors (Lipinski definition) is 0. The molecule has 0 bridgehead atoms. The topological polar surface area (TPSA) is 84.4 Å². The minimum Gasteiger partial charge on any atom is -0.465 e. The van der Waals surface area contributed by atoms with E-state index in [9.17, 15) is 9.59 Å². The van der Waals surface area contributed by atoms with Gasteiger partial charge in [0.2, 0.25) is 0 Å². The highest BCUT2D eigenvalue weighted by molar-refractivity contribution is 7.16. The lowest BCUT2D eigenvalue weighted by molar-refractivity contribution is 0.0601. The van der Waals surface area contributed by atoms with Gasteiger partial charge in [0.05, 0.1) is 34.5 Å². The van der Waals surface area contributed by atoms with Crippen LogP contribution in [-0.4, -0.2) is 23.6 Å². The van der Waals surface area contributed by atoms with Crippen molar-refractivity contribution >= 4 is 33.4 Å². The fourth-order valence-corrected chi connectivity index (χ4v) is 3.38. The van der Waals surface area contributed by atoms with Crippen LogP contribution >= 0.6 is 11.3 Å². The van der Waals surface area contributed by atoms with Crippen LogP contribution in [0.5, 0.6) is 0 Å². The zero-order valence-electron chi connectivity index (χ0n) is 13.5. The Morgan fingerprint density at radius 3 is 2.48 bits per heavy atom. The molecule has 0 aliphatic heterocycles. The zero-order chi connectivity index (χ0) is 18.0. The molecule has 0 unspecified atom stereocenters. The number of nitrogens with zero attached hydrogens (tertiary/aromatic N) is 3. The standard InChI is InChI=1S/C18H13N3O3S/c1-21-14-8-7-13(17(23)24-2)9-15(14)25-18(21)20-16(22)12-5-3-11(10-19)4-6-12/h3-9H,1-2H3. The summed E-state index contributed by atoms with van der Waals surface area (Å²) in [4.78, 5) is 28.7. The predicted molar refractivity (Wildman–Crippen MR) is 93.2 cm³/mol. The van der Waals surface area contributed by atoms with Crippen LogP contribution in [0.15, 0.2) is 47.5 Å². The van der Waals surface area contributed by atoms with Crippen LogP contribution in [-0.2, 0) is 11.8 Å². The van der Waals surface area contributed by atoms with E-state index in [2.05, 4.69) is 4.99 Å². The third-order valence-corrected chi connectivity index (χ3v) is 4.78. The molecule has 3 rings (SSSR count). The van der Waals surface area contributed by atoms with Crippen molar-refractivity contribution in [3.63, 3.8) is 0 Å². The van der Waals surface area contributed by atoms with E-state index in [0.717, 1.165) is 10.2 Å². The molecule has 0 radical (unpaired) electrons. The Labute approximate surface area is 147 Å². The largest absolute Gasteiger partial charge is 0.465 e. The predicted octanol–water partition coefficient (Wildman–Crippen LogP) is 2.64. The van der Waals surface area contributed by atoms with E-state index < -0.39 is 5.97 Å². The van der Waals surface area contributed by atoms with Gasteiger partial charge in [-0.05, 0) is 42.5 Å². The molecule has 2 aromatic carbocycles. The van der Waals surface area contributed by atoms with Crippen molar-refractivity contribution in [1.82, 2.24) is 4.57 Å². The van der Waals surface area contributed by atoms with Crippen LogP contribution in [0.2, 0.25) is 0 Å². The summed E-state index contributed by atoms with van der Waals surface area (Å²) >= 11 is 1.31. The quantitative estimate of drug-likeness (QED) is 0.664. The van der Waals surface area contributed by atoms with Gasteiger partial charge < -0.3 is 9.30 Å². The molecule has 0 atom stereocenters. The fourth-order valence-electron chi connectivity index (χ4n) is 2.32. The lowest BCUT2D eigenvalue weighted by Gasteiger charge is -1.99. The van der Waals surface area contributed by atoms with Gasteiger partial charge in [0.15, 0.2) is 4.80 Å². The van der Waals surface area contributed by atoms with E-state index in [-0.39, 0.29) is 5.91 Å². The summed E-state index contributed by atoms with van der Waals surface area (Å²) in [6.07, 6.45) is 0.